The Bertz CT molecular complexity index is 442. The van der Waals surface area contributed by atoms with Gasteiger partial charge in [-0.3, -0.25) is 0 Å². The van der Waals surface area contributed by atoms with E-state index in [0.717, 1.165) is 36.0 Å². The molecule has 0 unspecified atom stereocenters. The Morgan fingerprint density at radius 1 is 0.840 bits per heavy atom. The lowest BCUT2D eigenvalue weighted by Crippen LogP contribution is -2.38. The Hall–Kier alpha value is -0.510. The Kier molecular flexibility index (Phi) is 6.87. The van der Waals surface area contributed by atoms with Crippen molar-refractivity contribution < 1.29 is 0 Å². The van der Waals surface area contributed by atoms with E-state index in [2.05, 4.69) is 19.9 Å². The van der Waals surface area contributed by atoms with E-state index in [1.54, 1.807) is 0 Å². The van der Waals surface area contributed by atoms with Crippen LogP contribution < -0.4 is 0 Å². The summed E-state index contributed by atoms with van der Waals surface area (Å²) >= 11 is 0. The monoisotopic (exact) mass is 343 g/mol. The maximum Gasteiger partial charge on any atom is 0.0689 e. The molecule has 25 heavy (non-hydrogen) atoms. The molecular formula is C24H41N. The molecule has 0 bridgehead atoms. The fourth-order valence-corrected chi connectivity index (χ4v) is 6.61. The van der Waals surface area contributed by atoms with Crippen LogP contribution in [0.5, 0.6) is 0 Å². The molecule has 0 saturated heterocycles. The SMILES string of the molecule is CCCCCC1CCC([C@H]2CC[C@@H]3C[C@](C#N)(CC)CC[C@@H]3C2)CC1. The predicted molar refractivity (Wildman–Crippen MR) is 106 cm³/mol. The van der Waals surface area contributed by atoms with E-state index < -0.39 is 0 Å². The van der Waals surface area contributed by atoms with Crippen molar-refractivity contribution in [2.24, 2.45) is 35.0 Å². The van der Waals surface area contributed by atoms with Crippen molar-refractivity contribution in [2.45, 2.75) is 110 Å². The van der Waals surface area contributed by atoms with Gasteiger partial charge in [0.2, 0.25) is 0 Å². The quantitative estimate of drug-likeness (QED) is 0.458. The van der Waals surface area contributed by atoms with E-state index in [9.17, 15) is 5.26 Å². The van der Waals surface area contributed by atoms with Crippen molar-refractivity contribution in [1.82, 2.24) is 0 Å². The summed E-state index contributed by atoms with van der Waals surface area (Å²) in [7, 11) is 0. The Morgan fingerprint density at radius 2 is 1.52 bits per heavy atom. The van der Waals surface area contributed by atoms with E-state index in [1.807, 2.05) is 0 Å². The Balaban J connectivity index is 1.44. The van der Waals surface area contributed by atoms with Gasteiger partial charge in [-0.1, -0.05) is 52.4 Å². The van der Waals surface area contributed by atoms with Gasteiger partial charge in [-0.15, -0.1) is 0 Å². The zero-order valence-corrected chi connectivity index (χ0v) is 16.9. The molecular weight excluding hydrogens is 302 g/mol. The second-order valence-electron chi connectivity index (χ2n) is 9.86. The van der Waals surface area contributed by atoms with Gasteiger partial charge >= 0.3 is 0 Å². The van der Waals surface area contributed by atoms with Crippen LogP contribution in [0.15, 0.2) is 0 Å². The molecule has 3 aliphatic rings. The summed E-state index contributed by atoms with van der Waals surface area (Å²) in [6, 6.07) is 2.70. The van der Waals surface area contributed by atoms with Crippen LogP contribution in [-0.2, 0) is 0 Å². The second kappa shape index (κ2) is 8.92. The molecule has 1 nitrogen and oxygen atoms in total. The molecule has 1 heteroatoms. The van der Waals surface area contributed by atoms with E-state index in [-0.39, 0.29) is 5.41 Å². The summed E-state index contributed by atoms with van der Waals surface area (Å²) < 4.78 is 0. The largest absolute Gasteiger partial charge is 0.198 e. The van der Waals surface area contributed by atoms with E-state index in [4.69, 9.17) is 0 Å². The van der Waals surface area contributed by atoms with Gasteiger partial charge in [-0.2, -0.15) is 5.26 Å². The zero-order chi connectivity index (χ0) is 17.7. The van der Waals surface area contributed by atoms with Crippen molar-refractivity contribution in [1.29, 1.82) is 5.26 Å². The van der Waals surface area contributed by atoms with Crippen LogP contribution in [0.4, 0.5) is 0 Å². The summed E-state index contributed by atoms with van der Waals surface area (Å²) in [6.07, 6.45) is 21.1. The van der Waals surface area contributed by atoms with Crippen molar-refractivity contribution in [3.8, 4) is 6.07 Å². The average molecular weight is 344 g/mol. The molecule has 0 amide bonds. The summed E-state index contributed by atoms with van der Waals surface area (Å²) in [4.78, 5) is 0. The lowest BCUT2D eigenvalue weighted by Gasteiger charge is -2.47. The first kappa shape index (κ1) is 19.3. The molecule has 0 aromatic rings. The van der Waals surface area contributed by atoms with Crippen LogP contribution in [0.2, 0.25) is 0 Å². The number of nitrogens with zero attached hydrogens (tertiary/aromatic N) is 1. The lowest BCUT2D eigenvalue weighted by molar-refractivity contribution is 0.0401. The first-order valence-electron chi connectivity index (χ1n) is 11.6. The average Bonchev–Trinajstić information content (AvgIpc) is 2.68. The molecule has 0 N–H and O–H groups in total. The van der Waals surface area contributed by atoms with Gasteiger partial charge in [-0.05, 0) is 87.4 Å². The van der Waals surface area contributed by atoms with Crippen LogP contribution in [0.3, 0.4) is 0 Å². The lowest BCUT2D eigenvalue weighted by atomic mass is 9.57. The number of hydrogen-bond acceptors (Lipinski definition) is 1. The third kappa shape index (κ3) is 4.61. The molecule has 0 aromatic carbocycles. The van der Waals surface area contributed by atoms with E-state index >= 15 is 0 Å². The van der Waals surface area contributed by atoms with Crippen LogP contribution in [-0.4, -0.2) is 0 Å². The molecule has 0 spiro atoms. The van der Waals surface area contributed by atoms with Gasteiger partial charge in [0.05, 0.1) is 11.5 Å². The topological polar surface area (TPSA) is 23.8 Å². The Labute approximate surface area is 157 Å². The zero-order valence-electron chi connectivity index (χ0n) is 16.9. The normalized spacial score (nSPS) is 41.7. The second-order valence-corrected chi connectivity index (χ2v) is 9.86. The van der Waals surface area contributed by atoms with Gasteiger partial charge in [-0.25, -0.2) is 0 Å². The van der Waals surface area contributed by atoms with Gasteiger partial charge in [0.15, 0.2) is 0 Å². The number of fused-ring (bicyclic) bond motifs is 1. The van der Waals surface area contributed by atoms with Crippen LogP contribution in [0.1, 0.15) is 110 Å². The highest BCUT2D eigenvalue weighted by molar-refractivity contribution is 5.04. The Morgan fingerprint density at radius 3 is 2.20 bits per heavy atom. The van der Waals surface area contributed by atoms with Crippen molar-refractivity contribution in [3.05, 3.63) is 0 Å². The number of unbranched alkanes of at least 4 members (excludes halogenated alkanes) is 2. The molecule has 0 radical (unpaired) electrons. The minimum atomic E-state index is 0.0323. The van der Waals surface area contributed by atoms with Gasteiger partial charge in [0, 0.05) is 0 Å². The molecule has 3 aliphatic carbocycles. The highest BCUT2D eigenvalue weighted by atomic mass is 14.5. The first-order valence-corrected chi connectivity index (χ1v) is 11.6. The van der Waals surface area contributed by atoms with Gasteiger partial charge < -0.3 is 0 Å². The standard InChI is InChI=1S/C24H41N/c1-3-5-6-7-19-8-10-20(11-9-19)21-12-13-23-17-24(4-2,18-25)15-14-22(23)16-21/h19-23H,3-17H2,1-2H3/t19?,20?,21-,22+,23+,24-/m0/s1. The number of nitriles is 1. The van der Waals surface area contributed by atoms with Crippen molar-refractivity contribution in [3.63, 3.8) is 0 Å². The third-order valence-electron chi connectivity index (χ3n) is 8.51. The van der Waals surface area contributed by atoms with Gasteiger partial charge in [0.1, 0.15) is 0 Å². The van der Waals surface area contributed by atoms with E-state index in [0.29, 0.717) is 0 Å². The van der Waals surface area contributed by atoms with Gasteiger partial charge in [0.25, 0.3) is 0 Å². The highest BCUT2D eigenvalue weighted by Crippen LogP contribution is 2.53. The van der Waals surface area contributed by atoms with Crippen LogP contribution in [0.25, 0.3) is 0 Å². The molecule has 3 saturated carbocycles. The molecule has 0 aliphatic heterocycles. The fraction of sp³-hybridized carbons (Fsp3) is 0.958. The number of rotatable bonds is 6. The molecule has 3 rings (SSSR count). The molecule has 3 fully saturated rings. The van der Waals surface area contributed by atoms with Crippen molar-refractivity contribution in [2.75, 3.05) is 0 Å². The predicted octanol–water partition coefficient (Wildman–Crippen LogP) is 7.51. The molecule has 0 heterocycles. The summed E-state index contributed by atoms with van der Waals surface area (Å²) in [5.74, 6) is 4.94. The minimum Gasteiger partial charge on any atom is -0.198 e. The smallest absolute Gasteiger partial charge is 0.0689 e. The summed E-state index contributed by atoms with van der Waals surface area (Å²) in [5, 5.41) is 9.64. The third-order valence-corrected chi connectivity index (χ3v) is 8.51. The molecule has 142 valence electrons. The molecule has 4 atom stereocenters. The maximum absolute atomic E-state index is 9.64. The molecule has 0 aromatic heterocycles. The number of hydrogen-bond donors (Lipinski definition) is 0. The van der Waals surface area contributed by atoms with Crippen LogP contribution in [0, 0.1) is 46.3 Å². The van der Waals surface area contributed by atoms with E-state index in [1.165, 1.54) is 89.9 Å². The maximum atomic E-state index is 9.64. The summed E-state index contributed by atoms with van der Waals surface area (Å²) in [5.41, 5.74) is 0.0323. The summed E-state index contributed by atoms with van der Waals surface area (Å²) in [6.45, 7) is 4.55. The minimum absolute atomic E-state index is 0.0323. The van der Waals surface area contributed by atoms with Crippen LogP contribution >= 0.6 is 0 Å². The highest BCUT2D eigenvalue weighted by Gasteiger charge is 2.43. The first-order chi connectivity index (χ1) is 12.2. The van der Waals surface area contributed by atoms with Crippen molar-refractivity contribution >= 4 is 0 Å². The fourth-order valence-electron chi connectivity index (χ4n) is 6.61.